The number of carbonyl (C=O) groups is 4. The van der Waals surface area contributed by atoms with Crippen LogP contribution in [0.25, 0.3) is 10.9 Å². The van der Waals surface area contributed by atoms with Gasteiger partial charge in [-0.3, -0.25) is 14.4 Å². The van der Waals surface area contributed by atoms with E-state index in [4.69, 9.17) is 5.73 Å². The summed E-state index contributed by atoms with van der Waals surface area (Å²) in [6.07, 6.45) is 3.99. The van der Waals surface area contributed by atoms with E-state index < -0.39 is 41.8 Å². The van der Waals surface area contributed by atoms with Gasteiger partial charge in [0.1, 0.15) is 18.1 Å². The van der Waals surface area contributed by atoms with Gasteiger partial charge in [0, 0.05) is 29.3 Å². The highest BCUT2D eigenvalue weighted by Crippen LogP contribution is 2.19. The molecule has 0 saturated carbocycles. The lowest BCUT2D eigenvalue weighted by molar-refractivity contribution is -0.142. The number of aliphatic carboxylic acids is 1. The molecule has 180 valence electrons. The van der Waals surface area contributed by atoms with Crippen LogP contribution in [0.2, 0.25) is 0 Å². The van der Waals surface area contributed by atoms with Crippen molar-refractivity contribution in [3.05, 3.63) is 36.0 Å². The molecule has 1 heterocycles. The second-order valence-electron chi connectivity index (χ2n) is 7.31. The first-order valence-electron chi connectivity index (χ1n) is 10.3. The molecule has 0 fully saturated rings. The molecule has 2 aromatic rings. The highest BCUT2D eigenvalue weighted by Gasteiger charge is 2.29. The smallest absolute Gasteiger partial charge is 0.326 e. The molecular formula is C21H29N5O5S2. The average molecular weight is 496 g/mol. The summed E-state index contributed by atoms with van der Waals surface area (Å²) in [5, 5.41) is 17.8. The van der Waals surface area contributed by atoms with E-state index in [0.29, 0.717) is 5.75 Å². The Kier molecular flexibility index (Phi) is 10.6. The molecule has 12 heteroatoms. The maximum Gasteiger partial charge on any atom is 0.326 e. The summed E-state index contributed by atoms with van der Waals surface area (Å²) in [5.74, 6) is -2.46. The normalized spacial score (nSPS) is 13.7. The van der Waals surface area contributed by atoms with Gasteiger partial charge in [0.15, 0.2) is 0 Å². The molecule has 0 bridgehead atoms. The summed E-state index contributed by atoms with van der Waals surface area (Å²) >= 11 is 5.59. The zero-order valence-corrected chi connectivity index (χ0v) is 19.9. The number of nitrogens with one attached hydrogen (secondary N) is 4. The van der Waals surface area contributed by atoms with Crippen LogP contribution in [-0.2, 0) is 25.6 Å². The molecule has 0 aliphatic heterocycles. The van der Waals surface area contributed by atoms with E-state index in [9.17, 15) is 24.3 Å². The molecule has 3 amide bonds. The van der Waals surface area contributed by atoms with Gasteiger partial charge in [0.05, 0.1) is 6.54 Å². The van der Waals surface area contributed by atoms with Crippen molar-refractivity contribution in [1.29, 1.82) is 0 Å². The van der Waals surface area contributed by atoms with Crippen LogP contribution in [0.5, 0.6) is 0 Å². The number of aromatic amines is 1. The number of aromatic nitrogens is 1. The highest BCUT2D eigenvalue weighted by atomic mass is 32.2. The number of nitrogens with two attached hydrogens (primary N) is 1. The summed E-state index contributed by atoms with van der Waals surface area (Å²) in [4.78, 5) is 52.1. The Bertz CT molecular complexity index is 983. The Morgan fingerprint density at radius 2 is 1.76 bits per heavy atom. The number of para-hydroxylation sites is 1. The fraction of sp³-hybridized carbons (Fsp3) is 0.429. The second kappa shape index (κ2) is 13.1. The van der Waals surface area contributed by atoms with Crippen molar-refractivity contribution >= 4 is 59.0 Å². The second-order valence-corrected chi connectivity index (χ2v) is 8.66. The minimum Gasteiger partial charge on any atom is -0.480 e. The molecule has 1 aromatic carbocycles. The standard InChI is InChI=1S/C21H29N5O5S2/c1-33-7-6-15(21(30)31)25-20(29)17(11-32)26-19(28)16(24-18(27)9-22)8-12-10-23-14-5-3-2-4-13(12)14/h2-5,10,15-17,23,32H,6-9,11,22H2,1H3,(H,24,27)(H,25,29)(H,26,28)(H,30,31). The first-order chi connectivity index (χ1) is 15.8. The molecule has 0 aliphatic rings. The largest absolute Gasteiger partial charge is 0.480 e. The van der Waals surface area contributed by atoms with Crippen molar-refractivity contribution in [2.45, 2.75) is 31.0 Å². The number of fused-ring (bicyclic) bond motifs is 1. The van der Waals surface area contributed by atoms with Crippen LogP contribution >= 0.6 is 24.4 Å². The molecule has 7 N–H and O–H groups in total. The van der Waals surface area contributed by atoms with E-state index in [1.807, 2.05) is 30.5 Å². The third kappa shape index (κ3) is 7.69. The van der Waals surface area contributed by atoms with Gasteiger partial charge < -0.3 is 31.8 Å². The minimum absolute atomic E-state index is 0.0585. The van der Waals surface area contributed by atoms with Crippen LogP contribution < -0.4 is 21.7 Å². The van der Waals surface area contributed by atoms with Gasteiger partial charge >= 0.3 is 5.97 Å². The zero-order valence-electron chi connectivity index (χ0n) is 18.2. The summed E-state index contributed by atoms with van der Waals surface area (Å²) in [6, 6.07) is 4.37. The van der Waals surface area contributed by atoms with E-state index in [0.717, 1.165) is 16.5 Å². The first-order valence-corrected chi connectivity index (χ1v) is 12.3. The molecule has 0 saturated heterocycles. The van der Waals surface area contributed by atoms with Crippen LogP contribution in [0.3, 0.4) is 0 Å². The number of rotatable bonds is 13. The van der Waals surface area contributed by atoms with Gasteiger partial charge in [0.2, 0.25) is 17.7 Å². The topological polar surface area (TPSA) is 166 Å². The minimum atomic E-state index is -1.16. The highest BCUT2D eigenvalue weighted by molar-refractivity contribution is 7.98. The lowest BCUT2D eigenvalue weighted by Crippen LogP contribution is -2.57. The third-order valence-corrected chi connectivity index (χ3v) is 5.99. The number of benzene rings is 1. The third-order valence-electron chi connectivity index (χ3n) is 4.98. The zero-order chi connectivity index (χ0) is 24.4. The maximum absolute atomic E-state index is 13.0. The number of thioether (sulfide) groups is 1. The van der Waals surface area contributed by atoms with Crippen LogP contribution in [0, 0.1) is 0 Å². The van der Waals surface area contributed by atoms with Crippen LogP contribution in [0.1, 0.15) is 12.0 Å². The Hall–Kier alpha value is -2.70. The van der Waals surface area contributed by atoms with Gasteiger partial charge in [-0.25, -0.2) is 4.79 Å². The van der Waals surface area contributed by atoms with E-state index >= 15 is 0 Å². The Labute approximate surface area is 201 Å². The molecule has 0 aliphatic carbocycles. The summed E-state index contributed by atoms with van der Waals surface area (Å²) < 4.78 is 0. The average Bonchev–Trinajstić information content (AvgIpc) is 3.21. The molecule has 0 spiro atoms. The van der Waals surface area contributed by atoms with Gasteiger partial charge in [-0.05, 0) is 30.1 Å². The van der Waals surface area contributed by atoms with Gasteiger partial charge in [-0.15, -0.1) is 0 Å². The van der Waals surface area contributed by atoms with Crippen LogP contribution in [0.4, 0.5) is 0 Å². The number of carboxylic acids is 1. The van der Waals surface area contributed by atoms with Gasteiger partial charge in [-0.2, -0.15) is 24.4 Å². The van der Waals surface area contributed by atoms with Crippen molar-refractivity contribution in [1.82, 2.24) is 20.9 Å². The van der Waals surface area contributed by atoms with Crippen molar-refractivity contribution in [2.75, 3.05) is 24.3 Å². The predicted octanol–water partition coefficient (Wildman–Crippen LogP) is -0.109. The number of carboxylic acid groups (broad SMARTS) is 1. The lowest BCUT2D eigenvalue weighted by atomic mass is 10.0. The molecule has 3 unspecified atom stereocenters. The predicted molar refractivity (Wildman–Crippen MR) is 131 cm³/mol. The van der Waals surface area contributed by atoms with Crippen molar-refractivity contribution in [3.8, 4) is 0 Å². The van der Waals surface area contributed by atoms with E-state index in [1.54, 1.807) is 6.20 Å². The Morgan fingerprint density at radius 1 is 1.09 bits per heavy atom. The molecule has 0 radical (unpaired) electrons. The molecule has 33 heavy (non-hydrogen) atoms. The number of hydrogen-bond acceptors (Lipinski definition) is 7. The Balaban J connectivity index is 2.14. The summed E-state index contributed by atoms with van der Waals surface area (Å²) in [7, 11) is 0. The summed E-state index contributed by atoms with van der Waals surface area (Å²) in [5.41, 5.74) is 7.09. The van der Waals surface area contributed by atoms with Crippen molar-refractivity contribution in [2.24, 2.45) is 5.73 Å². The molecule has 2 rings (SSSR count). The van der Waals surface area contributed by atoms with Crippen molar-refractivity contribution in [3.63, 3.8) is 0 Å². The number of carbonyl (C=O) groups excluding carboxylic acids is 3. The van der Waals surface area contributed by atoms with Crippen LogP contribution in [-0.4, -0.2) is 76.2 Å². The lowest BCUT2D eigenvalue weighted by Gasteiger charge is -2.23. The monoisotopic (exact) mass is 495 g/mol. The number of thiol groups is 1. The fourth-order valence-electron chi connectivity index (χ4n) is 3.21. The van der Waals surface area contributed by atoms with Gasteiger partial charge in [-0.1, -0.05) is 18.2 Å². The molecular weight excluding hydrogens is 466 g/mol. The fourth-order valence-corrected chi connectivity index (χ4v) is 3.94. The molecule has 3 atom stereocenters. The molecule has 10 nitrogen and oxygen atoms in total. The summed E-state index contributed by atoms with van der Waals surface area (Å²) in [6.45, 7) is -0.302. The van der Waals surface area contributed by atoms with E-state index in [2.05, 4.69) is 33.6 Å². The maximum atomic E-state index is 13.0. The van der Waals surface area contributed by atoms with E-state index in [-0.39, 0.29) is 25.1 Å². The number of amides is 3. The van der Waals surface area contributed by atoms with E-state index in [1.165, 1.54) is 11.8 Å². The van der Waals surface area contributed by atoms with Gasteiger partial charge in [0.25, 0.3) is 0 Å². The molecule has 1 aromatic heterocycles. The van der Waals surface area contributed by atoms with Crippen molar-refractivity contribution < 1.29 is 24.3 Å². The quantitative estimate of drug-likeness (QED) is 0.190. The Morgan fingerprint density at radius 3 is 2.39 bits per heavy atom. The number of H-pyrrole nitrogens is 1. The van der Waals surface area contributed by atoms with Crippen LogP contribution in [0.15, 0.2) is 30.5 Å². The first kappa shape index (κ1) is 26.6. The SMILES string of the molecule is CSCCC(NC(=O)C(CS)NC(=O)C(Cc1c[nH]c2ccccc12)NC(=O)CN)C(=O)O. The number of hydrogen-bond donors (Lipinski definition) is 7.